The van der Waals surface area contributed by atoms with Gasteiger partial charge in [-0.15, -0.1) is 5.10 Å². The molecule has 128 valence electrons. The Hall–Kier alpha value is -2.62. The molecule has 0 bridgehead atoms. The average Bonchev–Trinajstić information content (AvgIpc) is 2.82. The number of pyridine rings is 1. The summed E-state index contributed by atoms with van der Waals surface area (Å²) >= 11 is 6.29. The van der Waals surface area contributed by atoms with Gasteiger partial charge in [0.15, 0.2) is 11.3 Å². The molecule has 0 aromatic carbocycles. The Morgan fingerprint density at radius 2 is 2.20 bits per heavy atom. The topological polar surface area (TPSA) is 118 Å². The van der Waals surface area contributed by atoms with Crippen molar-refractivity contribution in [1.29, 1.82) is 0 Å². The summed E-state index contributed by atoms with van der Waals surface area (Å²) in [6.45, 7) is 3.56. The molecular weight excluding hydrogens is 346 g/mol. The summed E-state index contributed by atoms with van der Waals surface area (Å²) in [5, 5.41) is 24.1. The van der Waals surface area contributed by atoms with Crippen molar-refractivity contribution in [3.05, 3.63) is 45.7 Å². The molecule has 0 saturated heterocycles. The fourth-order valence-corrected chi connectivity index (χ4v) is 3.29. The van der Waals surface area contributed by atoms with E-state index in [1.54, 1.807) is 19.9 Å². The largest absolute Gasteiger partial charge is 0.373 e. The molecule has 0 aliphatic carbocycles. The van der Waals surface area contributed by atoms with Crippen LogP contribution in [-0.4, -0.2) is 29.8 Å². The quantitative estimate of drug-likeness (QED) is 0.626. The zero-order chi connectivity index (χ0) is 17.8. The van der Waals surface area contributed by atoms with Crippen LogP contribution in [0, 0.1) is 0 Å². The molecule has 3 aromatic heterocycles. The first kappa shape index (κ1) is 15.9. The van der Waals surface area contributed by atoms with Crippen LogP contribution in [-0.2, 0) is 5.66 Å². The van der Waals surface area contributed by atoms with Crippen LogP contribution in [0.1, 0.15) is 25.8 Å². The van der Waals surface area contributed by atoms with Crippen molar-refractivity contribution >= 4 is 34.1 Å². The van der Waals surface area contributed by atoms with Crippen molar-refractivity contribution in [1.82, 2.24) is 30.0 Å². The fourth-order valence-electron chi connectivity index (χ4n) is 2.99. The third-order valence-corrected chi connectivity index (χ3v) is 4.36. The fraction of sp³-hybridized carbons (Fsp3) is 0.267. The molecule has 3 aromatic rings. The molecule has 0 amide bonds. The lowest BCUT2D eigenvalue weighted by molar-refractivity contribution is 0.118. The number of aliphatic hydroxyl groups excluding tert-OH is 1. The molecule has 0 fully saturated rings. The Kier molecular flexibility index (Phi) is 3.46. The summed E-state index contributed by atoms with van der Waals surface area (Å²) in [4.78, 5) is 21.2. The highest BCUT2D eigenvalue weighted by Gasteiger charge is 2.38. The molecule has 25 heavy (non-hydrogen) atoms. The minimum atomic E-state index is -1.02. The smallest absolute Gasteiger partial charge is 0.276 e. The minimum Gasteiger partial charge on any atom is -0.373 e. The number of aromatic nitrogens is 5. The summed E-state index contributed by atoms with van der Waals surface area (Å²) < 4.78 is 1.43. The van der Waals surface area contributed by atoms with Gasteiger partial charge in [-0.3, -0.25) is 14.7 Å². The zero-order valence-corrected chi connectivity index (χ0v) is 14.1. The van der Waals surface area contributed by atoms with Gasteiger partial charge in [0.2, 0.25) is 0 Å². The van der Waals surface area contributed by atoms with E-state index < -0.39 is 11.9 Å². The van der Waals surface area contributed by atoms with Crippen molar-refractivity contribution in [3.63, 3.8) is 0 Å². The van der Waals surface area contributed by atoms with E-state index in [4.69, 9.17) is 11.6 Å². The van der Waals surface area contributed by atoms with E-state index in [-0.39, 0.29) is 16.3 Å². The van der Waals surface area contributed by atoms with Crippen LogP contribution in [0.2, 0.25) is 5.02 Å². The van der Waals surface area contributed by atoms with Gasteiger partial charge in [0.1, 0.15) is 18.2 Å². The highest BCUT2D eigenvalue weighted by atomic mass is 35.5. The van der Waals surface area contributed by atoms with Crippen LogP contribution in [0.5, 0.6) is 0 Å². The first-order valence-corrected chi connectivity index (χ1v) is 7.87. The van der Waals surface area contributed by atoms with Gasteiger partial charge in [0, 0.05) is 0 Å². The Balaban J connectivity index is 1.88. The second-order valence-electron chi connectivity index (χ2n) is 6.15. The Morgan fingerprint density at radius 1 is 1.40 bits per heavy atom. The standard InChI is InChI=1S/C15H14ClN7O2/c1-15(2)21-13(24)11-7(16)5-9(14(25)23(11)15)20-12-10-8(17-6-18-12)3-4-19-22-10/h3-6,13,21,24H,1-2H3,(H,17,18,20). The summed E-state index contributed by atoms with van der Waals surface area (Å²) in [7, 11) is 0. The molecule has 4 heterocycles. The lowest BCUT2D eigenvalue weighted by Gasteiger charge is -2.22. The zero-order valence-electron chi connectivity index (χ0n) is 13.4. The molecule has 1 aliphatic rings. The van der Waals surface area contributed by atoms with Gasteiger partial charge in [0.05, 0.1) is 28.1 Å². The van der Waals surface area contributed by atoms with E-state index in [2.05, 4.69) is 30.8 Å². The van der Waals surface area contributed by atoms with Gasteiger partial charge >= 0.3 is 0 Å². The Bertz CT molecular complexity index is 1040. The predicted octanol–water partition coefficient (Wildman–Crippen LogP) is 1.27. The third-order valence-electron chi connectivity index (χ3n) is 4.06. The van der Waals surface area contributed by atoms with E-state index >= 15 is 0 Å². The van der Waals surface area contributed by atoms with Crippen LogP contribution < -0.4 is 16.2 Å². The van der Waals surface area contributed by atoms with Crippen LogP contribution in [0.25, 0.3) is 11.0 Å². The molecule has 1 unspecified atom stereocenters. The van der Waals surface area contributed by atoms with Gasteiger partial charge in [-0.1, -0.05) is 11.6 Å². The number of halogens is 1. The van der Waals surface area contributed by atoms with Gasteiger partial charge in [-0.05, 0) is 26.0 Å². The van der Waals surface area contributed by atoms with E-state index in [0.717, 1.165) is 0 Å². The van der Waals surface area contributed by atoms with Crippen molar-refractivity contribution < 1.29 is 5.11 Å². The average molecular weight is 360 g/mol. The molecule has 4 rings (SSSR count). The van der Waals surface area contributed by atoms with Crippen LogP contribution in [0.3, 0.4) is 0 Å². The minimum absolute atomic E-state index is 0.211. The second-order valence-corrected chi connectivity index (χ2v) is 6.56. The Morgan fingerprint density at radius 3 is 3.00 bits per heavy atom. The van der Waals surface area contributed by atoms with Crippen molar-refractivity contribution in [3.8, 4) is 0 Å². The van der Waals surface area contributed by atoms with Crippen molar-refractivity contribution in [2.24, 2.45) is 0 Å². The first-order chi connectivity index (χ1) is 11.9. The monoisotopic (exact) mass is 359 g/mol. The predicted molar refractivity (Wildman–Crippen MR) is 91.5 cm³/mol. The molecule has 10 heteroatoms. The third kappa shape index (κ3) is 2.44. The maximum Gasteiger partial charge on any atom is 0.276 e. The number of hydrogen-bond donors (Lipinski definition) is 3. The lowest BCUT2D eigenvalue weighted by atomic mass is 10.2. The number of nitrogens with zero attached hydrogens (tertiary/aromatic N) is 5. The highest BCUT2D eigenvalue weighted by molar-refractivity contribution is 6.31. The number of hydrogen-bond acceptors (Lipinski definition) is 8. The van der Waals surface area contributed by atoms with E-state index in [0.29, 0.717) is 22.5 Å². The highest BCUT2D eigenvalue weighted by Crippen LogP contribution is 2.34. The first-order valence-electron chi connectivity index (χ1n) is 7.49. The lowest BCUT2D eigenvalue weighted by Crippen LogP contribution is -2.41. The maximum atomic E-state index is 12.9. The van der Waals surface area contributed by atoms with E-state index in [1.165, 1.54) is 23.2 Å². The molecule has 0 saturated carbocycles. The number of anilines is 2. The molecule has 1 aliphatic heterocycles. The van der Waals surface area contributed by atoms with Gasteiger partial charge in [-0.2, -0.15) is 5.10 Å². The van der Waals surface area contributed by atoms with E-state index in [1.807, 2.05) is 0 Å². The van der Waals surface area contributed by atoms with Crippen LogP contribution >= 0.6 is 11.6 Å². The number of rotatable bonds is 2. The molecule has 1 atom stereocenters. The molecular formula is C15H14ClN7O2. The summed E-state index contributed by atoms with van der Waals surface area (Å²) in [6.07, 6.45) is 1.87. The van der Waals surface area contributed by atoms with Crippen LogP contribution in [0.4, 0.5) is 11.5 Å². The van der Waals surface area contributed by atoms with Gasteiger partial charge < -0.3 is 10.4 Å². The Labute approximate surface area is 146 Å². The van der Waals surface area contributed by atoms with Gasteiger partial charge in [-0.25, -0.2) is 9.97 Å². The normalized spacial score (nSPS) is 18.3. The van der Waals surface area contributed by atoms with E-state index in [9.17, 15) is 9.90 Å². The number of aliphatic hydroxyl groups is 1. The van der Waals surface area contributed by atoms with Gasteiger partial charge in [0.25, 0.3) is 5.56 Å². The molecule has 3 N–H and O–H groups in total. The maximum absolute atomic E-state index is 12.9. The van der Waals surface area contributed by atoms with Crippen molar-refractivity contribution in [2.45, 2.75) is 25.7 Å². The molecule has 0 radical (unpaired) electrons. The number of fused-ring (bicyclic) bond motifs is 2. The van der Waals surface area contributed by atoms with Crippen molar-refractivity contribution in [2.75, 3.05) is 5.32 Å². The number of nitrogens with one attached hydrogen (secondary N) is 2. The molecule has 9 nitrogen and oxygen atoms in total. The molecule has 0 spiro atoms. The summed E-state index contributed by atoms with van der Waals surface area (Å²) in [6, 6.07) is 3.16. The van der Waals surface area contributed by atoms with Crippen LogP contribution in [0.15, 0.2) is 29.5 Å². The summed E-state index contributed by atoms with van der Waals surface area (Å²) in [5.74, 6) is 0.344. The SMILES string of the molecule is CC1(C)NC(O)c2c(Cl)cc(Nc3ncnc4ccnnc34)c(=O)n21. The second kappa shape index (κ2) is 5.45. The summed E-state index contributed by atoms with van der Waals surface area (Å²) in [5.41, 5.74) is 0.434.